The normalized spacial score (nSPS) is 13.9. The Labute approximate surface area is 79.5 Å². The standard InChI is InChI=1S/C9H20N2O2/c1-7(5-10)4-8(13)11-9(2,3)6-12/h7,12H,4-6,10H2,1-3H3,(H,11,13). The minimum absolute atomic E-state index is 0.0583. The molecule has 0 aromatic heterocycles. The first kappa shape index (κ1) is 12.4. The monoisotopic (exact) mass is 188 g/mol. The molecule has 0 aromatic carbocycles. The predicted molar refractivity (Wildman–Crippen MR) is 52.1 cm³/mol. The van der Waals surface area contributed by atoms with Gasteiger partial charge in [-0.2, -0.15) is 0 Å². The molecule has 1 atom stereocenters. The highest BCUT2D eigenvalue weighted by Gasteiger charge is 2.19. The lowest BCUT2D eigenvalue weighted by atomic mass is 10.0. The van der Waals surface area contributed by atoms with Crippen LogP contribution in [0, 0.1) is 5.92 Å². The summed E-state index contributed by atoms with van der Waals surface area (Å²) in [4.78, 5) is 11.3. The Morgan fingerprint density at radius 3 is 2.54 bits per heavy atom. The van der Waals surface area contributed by atoms with E-state index in [1.807, 2.05) is 6.92 Å². The van der Waals surface area contributed by atoms with Gasteiger partial charge in [0.05, 0.1) is 12.1 Å². The Kier molecular flexibility index (Phi) is 4.95. The van der Waals surface area contributed by atoms with Gasteiger partial charge in [-0.05, 0) is 26.3 Å². The quantitative estimate of drug-likeness (QED) is 0.562. The average molecular weight is 188 g/mol. The van der Waals surface area contributed by atoms with Crippen LogP contribution in [0.2, 0.25) is 0 Å². The van der Waals surface area contributed by atoms with Gasteiger partial charge in [-0.1, -0.05) is 6.92 Å². The first-order valence-electron chi connectivity index (χ1n) is 4.53. The highest BCUT2D eigenvalue weighted by Crippen LogP contribution is 2.03. The van der Waals surface area contributed by atoms with E-state index in [9.17, 15) is 4.79 Å². The third kappa shape index (κ3) is 5.60. The topological polar surface area (TPSA) is 75.4 Å². The number of amides is 1. The second-order valence-corrected chi connectivity index (χ2v) is 4.14. The van der Waals surface area contributed by atoms with Gasteiger partial charge in [0.1, 0.15) is 0 Å². The molecule has 0 bridgehead atoms. The van der Waals surface area contributed by atoms with Crippen LogP contribution in [-0.4, -0.2) is 29.7 Å². The van der Waals surface area contributed by atoms with Crippen molar-refractivity contribution in [2.45, 2.75) is 32.7 Å². The van der Waals surface area contributed by atoms with Gasteiger partial charge in [0.25, 0.3) is 0 Å². The third-order valence-corrected chi connectivity index (χ3v) is 1.81. The van der Waals surface area contributed by atoms with E-state index in [1.54, 1.807) is 13.8 Å². The van der Waals surface area contributed by atoms with Crippen LogP contribution in [0.5, 0.6) is 0 Å². The molecule has 13 heavy (non-hydrogen) atoms. The van der Waals surface area contributed by atoms with Crippen LogP contribution < -0.4 is 11.1 Å². The van der Waals surface area contributed by atoms with Crippen molar-refractivity contribution in [2.24, 2.45) is 11.7 Å². The molecule has 1 unspecified atom stereocenters. The molecule has 0 fully saturated rings. The second kappa shape index (κ2) is 5.19. The molecule has 4 heteroatoms. The lowest BCUT2D eigenvalue weighted by molar-refractivity contribution is -0.123. The van der Waals surface area contributed by atoms with Gasteiger partial charge in [0, 0.05) is 6.42 Å². The maximum Gasteiger partial charge on any atom is 0.220 e. The van der Waals surface area contributed by atoms with E-state index in [1.165, 1.54) is 0 Å². The molecule has 0 heterocycles. The maximum atomic E-state index is 11.3. The molecule has 0 saturated carbocycles. The van der Waals surface area contributed by atoms with Crippen molar-refractivity contribution >= 4 is 5.91 Å². The van der Waals surface area contributed by atoms with Crippen molar-refractivity contribution in [3.63, 3.8) is 0 Å². The molecular formula is C9H20N2O2. The zero-order valence-electron chi connectivity index (χ0n) is 8.63. The minimum atomic E-state index is -0.536. The second-order valence-electron chi connectivity index (χ2n) is 4.14. The van der Waals surface area contributed by atoms with E-state index in [4.69, 9.17) is 10.8 Å². The van der Waals surface area contributed by atoms with E-state index in [-0.39, 0.29) is 18.4 Å². The Morgan fingerprint density at radius 2 is 2.15 bits per heavy atom. The molecule has 78 valence electrons. The van der Waals surface area contributed by atoms with Crippen LogP contribution in [0.4, 0.5) is 0 Å². The first-order valence-corrected chi connectivity index (χ1v) is 4.53. The van der Waals surface area contributed by atoms with Gasteiger partial charge in [-0.15, -0.1) is 0 Å². The van der Waals surface area contributed by atoms with Crippen LogP contribution in [0.15, 0.2) is 0 Å². The van der Waals surface area contributed by atoms with Gasteiger partial charge < -0.3 is 16.2 Å². The van der Waals surface area contributed by atoms with Crippen LogP contribution in [-0.2, 0) is 4.79 Å². The summed E-state index contributed by atoms with van der Waals surface area (Å²) < 4.78 is 0. The summed E-state index contributed by atoms with van der Waals surface area (Å²) in [6.07, 6.45) is 0.417. The number of nitrogens with one attached hydrogen (secondary N) is 1. The molecule has 0 aliphatic heterocycles. The Morgan fingerprint density at radius 1 is 1.62 bits per heavy atom. The number of hydrogen-bond acceptors (Lipinski definition) is 3. The van der Waals surface area contributed by atoms with E-state index in [2.05, 4.69) is 5.32 Å². The van der Waals surface area contributed by atoms with Crippen molar-refractivity contribution in [3.05, 3.63) is 0 Å². The van der Waals surface area contributed by atoms with Crippen molar-refractivity contribution < 1.29 is 9.90 Å². The minimum Gasteiger partial charge on any atom is -0.394 e. The molecule has 1 amide bonds. The molecule has 4 nitrogen and oxygen atoms in total. The number of carbonyl (C=O) groups excluding carboxylic acids is 1. The van der Waals surface area contributed by atoms with E-state index >= 15 is 0 Å². The summed E-state index contributed by atoms with van der Waals surface area (Å²) in [6, 6.07) is 0. The number of rotatable bonds is 5. The van der Waals surface area contributed by atoms with E-state index in [0.29, 0.717) is 13.0 Å². The number of hydrogen-bond donors (Lipinski definition) is 3. The lowest BCUT2D eigenvalue weighted by Crippen LogP contribution is -2.46. The Balaban J connectivity index is 3.87. The smallest absolute Gasteiger partial charge is 0.220 e. The van der Waals surface area contributed by atoms with Crippen molar-refractivity contribution in [1.29, 1.82) is 0 Å². The molecule has 0 spiro atoms. The van der Waals surface area contributed by atoms with Gasteiger partial charge >= 0.3 is 0 Å². The first-order chi connectivity index (χ1) is 5.91. The zero-order valence-corrected chi connectivity index (χ0v) is 8.63. The third-order valence-electron chi connectivity index (χ3n) is 1.81. The lowest BCUT2D eigenvalue weighted by Gasteiger charge is -2.24. The highest BCUT2D eigenvalue weighted by atomic mass is 16.3. The van der Waals surface area contributed by atoms with Crippen molar-refractivity contribution in [3.8, 4) is 0 Å². The zero-order chi connectivity index (χ0) is 10.5. The van der Waals surface area contributed by atoms with Crippen LogP contribution in [0.25, 0.3) is 0 Å². The molecule has 0 saturated heterocycles. The van der Waals surface area contributed by atoms with E-state index < -0.39 is 5.54 Å². The number of carbonyl (C=O) groups is 1. The molecule has 0 aliphatic carbocycles. The van der Waals surface area contributed by atoms with Crippen LogP contribution in [0.3, 0.4) is 0 Å². The molecule has 0 aromatic rings. The summed E-state index contributed by atoms with van der Waals surface area (Å²) in [5, 5.41) is 11.6. The fourth-order valence-corrected chi connectivity index (χ4v) is 0.868. The van der Waals surface area contributed by atoms with Gasteiger partial charge in [0.2, 0.25) is 5.91 Å². The van der Waals surface area contributed by atoms with Gasteiger partial charge in [-0.25, -0.2) is 0 Å². The predicted octanol–water partition coefficient (Wildman–Crippen LogP) is -0.142. The summed E-state index contributed by atoms with van der Waals surface area (Å²) in [5.74, 6) is 0.131. The summed E-state index contributed by atoms with van der Waals surface area (Å²) >= 11 is 0. The molecule has 0 aliphatic rings. The largest absolute Gasteiger partial charge is 0.394 e. The summed E-state index contributed by atoms with van der Waals surface area (Å²) in [5.41, 5.74) is 4.85. The van der Waals surface area contributed by atoms with E-state index in [0.717, 1.165) is 0 Å². The highest BCUT2D eigenvalue weighted by molar-refractivity contribution is 5.76. The SMILES string of the molecule is CC(CN)CC(=O)NC(C)(C)CO. The van der Waals surface area contributed by atoms with Gasteiger partial charge in [-0.3, -0.25) is 4.79 Å². The van der Waals surface area contributed by atoms with Crippen molar-refractivity contribution in [2.75, 3.05) is 13.2 Å². The van der Waals surface area contributed by atoms with Gasteiger partial charge in [0.15, 0.2) is 0 Å². The number of aliphatic hydroxyl groups excluding tert-OH is 1. The van der Waals surface area contributed by atoms with Crippen LogP contribution >= 0.6 is 0 Å². The molecule has 0 rings (SSSR count). The Bertz CT molecular complexity index is 169. The van der Waals surface area contributed by atoms with Crippen molar-refractivity contribution in [1.82, 2.24) is 5.32 Å². The molecule has 4 N–H and O–H groups in total. The molecular weight excluding hydrogens is 168 g/mol. The van der Waals surface area contributed by atoms with Crippen LogP contribution in [0.1, 0.15) is 27.2 Å². The Hall–Kier alpha value is -0.610. The summed E-state index contributed by atoms with van der Waals surface area (Å²) in [6.45, 7) is 5.92. The average Bonchev–Trinajstić information content (AvgIpc) is 2.03. The molecule has 0 radical (unpaired) electrons. The fourth-order valence-electron chi connectivity index (χ4n) is 0.868. The summed E-state index contributed by atoms with van der Waals surface area (Å²) in [7, 11) is 0. The number of nitrogens with two attached hydrogens (primary N) is 1. The maximum absolute atomic E-state index is 11.3. The fraction of sp³-hybridized carbons (Fsp3) is 0.889. The number of aliphatic hydroxyl groups is 1.